The molecule has 0 aliphatic carbocycles. The average Bonchev–Trinajstić information content (AvgIpc) is 3.11. The molecule has 28 heavy (non-hydrogen) atoms. The Morgan fingerprint density at radius 3 is 2.50 bits per heavy atom. The number of non-ortho nitro benzene ring substituents is 1. The second-order valence-electron chi connectivity index (χ2n) is 7.23. The van der Waals surface area contributed by atoms with E-state index in [0.29, 0.717) is 13.1 Å². The van der Waals surface area contributed by atoms with Gasteiger partial charge in [0.15, 0.2) is 0 Å². The second kappa shape index (κ2) is 8.95. The maximum Gasteiger partial charge on any atom is 0.269 e. The van der Waals surface area contributed by atoms with E-state index in [9.17, 15) is 20.0 Å². The highest BCUT2D eigenvalue weighted by molar-refractivity contribution is 5.79. The van der Waals surface area contributed by atoms with Crippen molar-refractivity contribution in [3.63, 3.8) is 0 Å². The van der Waals surface area contributed by atoms with E-state index in [-0.39, 0.29) is 30.2 Å². The third-order valence-electron chi connectivity index (χ3n) is 5.23. The number of carbonyl (C=O) groups excluding carboxylic acids is 1. The van der Waals surface area contributed by atoms with Gasteiger partial charge in [0.05, 0.1) is 23.5 Å². The number of rotatable bonds is 7. The van der Waals surface area contributed by atoms with Crippen molar-refractivity contribution in [2.45, 2.75) is 25.0 Å². The second-order valence-corrected chi connectivity index (χ2v) is 7.23. The fraction of sp³-hybridized carbons (Fsp3) is 0.381. The molecule has 1 saturated heterocycles. The van der Waals surface area contributed by atoms with Gasteiger partial charge in [-0.25, -0.2) is 0 Å². The quantitative estimate of drug-likeness (QED) is 0.586. The van der Waals surface area contributed by atoms with Crippen LogP contribution < -0.4 is 0 Å². The molecule has 1 aliphatic rings. The zero-order valence-corrected chi connectivity index (χ0v) is 15.9. The molecule has 1 N–H and O–H groups in total. The van der Waals surface area contributed by atoms with Gasteiger partial charge in [0.1, 0.15) is 0 Å². The van der Waals surface area contributed by atoms with E-state index in [2.05, 4.69) is 4.90 Å². The third kappa shape index (κ3) is 4.94. The van der Waals surface area contributed by atoms with Crippen LogP contribution in [-0.4, -0.2) is 58.5 Å². The van der Waals surface area contributed by atoms with Crippen LogP contribution in [0.5, 0.6) is 0 Å². The summed E-state index contributed by atoms with van der Waals surface area (Å²) in [6.07, 6.45) is 0.625. The summed E-state index contributed by atoms with van der Waals surface area (Å²) in [6.45, 7) is 2.09. The number of β-amino-alcohol motifs (C(OH)–C–C–N with tert-alkyl or cyclic N) is 1. The van der Waals surface area contributed by atoms with Crippen LogP contribution in [0.3, 0.4) is 0 Å². The lowest BCUT2D eigenvalue weighted by Gasteiger charge is -2.32. The maximum absolute atomic E-state index is 12.9. The van der Waals surface area contributed by atoms with Gasteiger partial charge in [-0.3, -0.25) is 19.8 Å². The topological polar surface area (TPSA) is 86.9 Å². The lowest BCUT2D eigenvalue weighted by molar-refractivity contribution is -0.384. The maximum atomic E-state index is 12.9. The first kappa shape index (κ1) is 20.0. The van der Waals surface area contributed by atoms with Crippen LogP contribution >= 0.6 is 0 Å². The molecule has 2 aromatic carbocycles. The van der Waals surface area contributed by atoms with E-state index in [1.54, 1.807) is 24.1 Å². The summed E-state index contributed by atoms with van der Waals surface area (Å²) in [5, 5.41) is 20.6. The highest BCUT2D eigenvalue weighted by atomic mass is 16.6. The first-order valence-corrected chi connectivity index (χ1v) is 9.38. The van der Waals surface area contributed by atoms with Crippen LogP contribution in [0.2, 0.25) is 0 Å². The van der Waals surface area contributed by atoms with Crippen molar-refractivity contribution in [1.82, 2.24) is 9.80 Å². The molecule has 0 radical (unpaired) electrons. The summed E-state index contributed by atoms with van der Waals surface area (Å²) in [5.41, 5.74) is 1.80. The smallest absolute Gasteiger partial charge is 0.269 e. The Hall–Kier alpha value is -2.77. The molecule has 3 rings (SSSR count). The lowest BCUT2D eigenvalue weighted by Crippen LogP contribution is -2.39. The number of carbonyl (C=O) groups is 1. The predicted octanol–water partition coefficient (Wildman–Crippen LogP) is 2.40. The van der Waals surface area contributed by atoms with Crippen molar-refractivity contribution in [2.24, 2.45) is 0 Å². The van der Waals surface area contributed by atoms with Crippen LogP contribution in [0.25, 0.3) is 0 Å². The van der Waals surface area contributed by atoms with Gasteiger partial charge in [0.2, 0.25) is 5.91 Å². The Balaban J connectivity index is 1.73. The number of nitrogens with zero attached hydrogens (tertiary/aromatic N) is 3. The van der Waals surface area contributed by atoms with Gasteiger partial charge in [-0.2, -0.15) is 0 Å². The van der Waals surface area contributed by atoms with E-state index in [1.807, 2.05) is 30.3 Å². The fourth-order valence-corrected chi connectivity index (χ4v) is 3.56. The van der Waals surface area contributed by atoms with Crippen molar-refractivity contribution < 1.29 is 14.8 Å². The highest BCUT2D eigenvalue weighted by Crippen LogP contribution is 2.24. The van der Waals surface area contributed by atoms with Crippen molar-refractivity contribution in [1.29, 1.82) is 0 Å². The number of likely N-dealkylation sites (N-methyl/N-ethyl adjacent to an activating group) is 1. The molecule has 148 valence electrons. The van der Waals surface area contributed by atoms with Crippen molar-refractivity contribution in [3.05, 3.63) is 75.8 Å². The molecule has 7 nitrogen and oxygen atoms in total. The highest BCUT2D eigenvalue weighted by Gasteiger charge is 2.28. The van der Waals surface area contributed by atoms with Gasteiger partial charge in [-0.1, -0.05) is 42.5 Å². The zero-order valence-electron chi connectivity index (χ0n) is 15.9. The first-order valence-electron chi connectivity index (χ1n) is 9.38. The van der Waals surface area contributed by atoms with Gasteiger partial charge in [-0.15, -0.1) is 0 Å². The Morgan fingerprint density at radius 1 is 1.25 bits per heavy atom. The van der Waals surface area contributed by atoms with E-state index in [1.165, 1.54) is 12.1 Å². The molecule has 0 saturated carbocycles. The molecule has 1 heterocycles. The molecule has 1 aliphatic heterocycles. The van der Waals surface area contributed by atoms with Gasteiger partial charge in [0.25, 0.3) is 5.69 Å². The summed E-state index contributed by atoms with van der Waals surface area (Å²) in [7, 11) is 1.79. The van der Waals surface area contributed by atoms with Gasteiger partial charge >= 0.3 is 0 Å². The zero-order chi connectivity index (χ0) is 20.1. The molecule has 2 atom stereocenters. The summed E-state index contributed by atoms with van der Waals surface area (Å²) in [5.74, 6) is -0.0533. The van der Waals surface area contributed by atoms with E-state index in [0.717, 1.165) is 24.1 Å². The molecule has 0 bridgehead atoms. The number of aliphatic hydroxyl groups excluding tert-OH is 1. The Morgan fingerprint density at radius 2 is 1.93 bits per heavy atom. The minimum absolute atomic E-state index is 0.0132. The summed E-state index contributed by atoms with van der Waals surface area (Å²) in [6, 6.07) is 15.8. The van der Waals surface area contributed by atoms with E-state index >= 15 is 0 Å². The number of amides is 1. The normalized spacial score (nSPS) is 18.0. The van der Waals surface area contributed by atoms with Gasteiger partial charge in [-0.05, 0) is 17.5 Å². The van der Waals surface area contributed by atoms with Crippen LogP contribution in [0, 0.1) is 10.1 Å². The number of hydrogen-bond donors (Lipinski definition) is 1. The van der Waals surface area contributed by atoms with E-state index in [4.69, 9.17) is 0 Å². The molecule has 1 fully saturated rings. The van der Waals surface area contributed by atoms with Crippen molar-refractivity contribution >= 4 is 11.6 Å². The van der Waals surface area contributed by atoms with Crippen LogP contribution in [0.1, 0.15) is 23.6 Å². The van der Waals surface area contributed by atoms with Crippen LogP contribution in [-0.2, 0) is 11.2 Å². The lowest BCUT2D eigenvalue weighted by atomic mass is 10.0. The monoisotopic (exact) mass is 383 g/mol. The number of benzene rings is 2. The minimum atomic E-state index is -0.451. The molecule has 2 aromatic rings. The molecule has 0 aromatic heterocycles. The predicted molar refractivity (Wildman–Crippen MR) is 106 cm³/mol. The number of aliphatic hydroxyl groups is 1. The Kier molecular flexibility index (Phi) is 6.38. The summed E-state index contributed by atoms with van der Waals surface area (Å²) < 4.78 is 0. The molecular weight excluding hydrogens is 358 g/mol. The summed E-state index contributed by atoms with van der Waals surface area (Å²) in [4.78, 5) is 27.2. The Labute approximate surface area is 164 Å². The molecular formula is C21H25N3O4. The standard InChI is InChI=1S/C21H25N3O4/c1-22(21(26)13-16-7-9-18(10-8-16)24(27)28)20(17-5-3-2-4-6-17)15-23-12-11-19(25)14-23/h2-10,19-20,25H,11-15H2,1H3/t19-,20+/m0/s1. The number of hydrogen-bond acceptors (Lipinski definition) is 5. The molecule has 0 spiro atoms. The third-order valence-corrected chi connectivity index (χ3v) is 5.23. The number of nitro benzene ring substituents is 1. The van der Waals surface area contributed by atoms with Crippen molar-refractivity contribution in [2.75, 3.05) is 26.7 Å². The van der Waals surface area contributed by atoms with Gasteiger partial charge in [0, 0.05) is 38.8 Å². The van der Waals surface area contributed by atoms with Gasteiger partial charge < -0.3 is 10.0 Å². The molecule has 0 unspecified atom stereocenters. The number of nitro groups is 1. The summed E-state index contributed by atoms with van der Waals surface area (Å²) >= 11 is 0. The first-order chi connectivity index (χ1) is 13.4. The van der Waals surface area contributed by atoms with E-state index < -0.39 is 4.92 Å². The van der Waals surface area contributed by atoms with Crippen LogP contribution in [0.15, 0.2) is 54.6 Å². The number of likely N-dealkylation sites (tertiary alicyclic amines) is 1. The molecule has 1 amide bonds. The largest absolute Gasteiger partial charge is 0.392 e. The minimum Gasteiger partial charge on any atom is -0.392 e. The SMILES string of the molecule is CN(C(=O)Cc1ccc([N+](=O)[O-])cc1)[C@H](CN1CC[C@H](O)C1)c1ccccc1. The average molecular weight is 383 g/mol. The van der Waals surface area contributed by atoms with Crippen LogP contribution in [0.4, 0.5) is 5.69 Å². The van der Waals surface area contributed by atoms with Crippen molar-refractivity contribution in [3.8, 4) is 0 Å². The molecule has 7 heteroatoms. The Bertz CT molecular complexity index is 810. The fourth-order valence-electron chi connectivity index (χ4n) is 3.56.